The van der Waals surface area contributed by atoms with E-state index >= 15 is 0 Å². The maximum Gasteiger partial charge on any atom is 0.0247 e. The summed E-state index contributed by atoms with van der Waals surface area (Å²) >= 11 is 0. The Morgan fingerprint density at radius 2 is 1.67 bits per heavy atom. The Bertz CT molecular complexity index is 234. The monoisotopic (exact) mass is 253 g/mol. The molecule has 0 bridgehead atoms. The zero-order valence-corrected chi connectivity index (χ0v) is 12.3. The number of hydrogen-bond acceptors (Lipinski definition) is 3. The van der Waals surface area contributed by atoms with E-state index in [-0.39, 0.29) is 0 Å². The first-order valence-electron chi connectivity index (χ1n) is 7.81. The van der Waals surface area contributed by atoms with Crippen LogP contribution in [0.1, 0.15) is 44.9 Å². The van der Waals surface area contributed by atoms with Crippen LogP contribution in [0.25, 0.3) is 0 Å². The molecule has 1 heterocycles. The third-order valence-electron chi connectivity index (χ3n) is 4.77. The summed E-state index contributed by atoms with van der Waals surface area (Å²) in [6, 6.07) is 1.10. The Labute approximate surface area is 113 Å². The fraction of sp³-hybridized carbons (Fsp3) is 1.00. The summed E-state index contributed by atoms with van der Waals surface area (Å²) in [5.41, 5.74) is 6.38. The van der Waals surface area contributed by atoms with Gasteiger partial charge in [-0.1, -0.05) is 19.3 Å². The number of likely N-dealkylation sites (tertiary alicyclic amines) is 1. The maximum absolute atomic E-state index is 6.38. The van der Waals surface area contributed by atoms with E-state index in [4.69, 9.17) is 5.73 Å². The zero-order valence-electron chi connectivity index (χ0n) is 12.3. The minimum absolute atomic E-state index is 0.429. The van der Waals surface area contributed by atoms with Crippen LogP contribution in [-0.2, 0) is 0 Å². The molecule has 2 unspecified atom stereocenters. The summed E-state index contributed by atoms with van der Waals surface area (Å²) < 4.78 is 0. The van der Waals surface area contributed by atoms with Gasteiger partial charge in [0.2, 0.25) is 0 Å². The molecule has 0 amide bonds. The highest BCUT2D eigenvalue weighted by molar-refractivity contribution is 4.87. The summed E-state index contributed by atoms with van der Waals surface area (Å²) in [5, 5.41) is 0. The molecule has 18 heavy (non-hydrogen) atoms. The topological polar surface area (TPSA) is 32.5 Å². The molecule has 3 heteroatoms. The predicted octanol–water partition coefficient (Wildman–Crippen LogP) is 1.92. The molecule has 106 valence electrons. The van der Waals surface area contributed by atoms with E-state index in [1.54, 1.807) is 0 Å². The van der Waals surface area contributed by atoms with Crippen LogP contribution in [0.4, 0.5) is 0 Å². The Morgan fingerprint density at radius 1 is 1.00 bits per heavy atom. The molecular weight excluding hydrogens is 222 g/mol. The van der Waals surface area contributed by atoms with Gasteiger partial charge in [0, 0.05) is 18.6 Å². The smallest absolute Gasteiger partial charge is 0.0247 e. The minimum Gasteiger partial charge on any atom is -0.326 e. The van der Waals surface area contributed by atoms with E-state index in [0.717, 1.165) is 5.92 Å². The zero-order chi connectivity index (χ0) is 13.0. The fourth-order valence-electron chi connectivity index (χ4n) is 3.75. The highest BCUT2D eigenvalue weighted by atomic mass is 15.2. The quantitative estimate of drug-likeness (QED) is 0.780. The molecule has 1 aliphatic heterocycles. The van der Waals surface area contributed by atoms with Crippen LogP contribution in [-0.4, -0.2) is 55.6 Å². The van der Waals surface area contributed by atoms with Gasteiger partial charge in [-0.2, -0.15) is 0 Å². The van der Waals surface area contributed by atoms with Gasteiger partial charge < -0.3 is 10.6 Å². The molecule has 0 radical (unpaired) electrons. The minimum atomic E-state index is 0.429. The van der Waals surface area contributed by atoms with Crippen molar-refractivity contribution < 1.29 is 0 Å². The van der Waals surface area contributed by atoms with Crippen LogP contribution in [0, 0.1) is 5.92 Å². The van der Waals surface area contributed by atoms with Crippen LogP contribution < -0.4 is 5.73 Å². The van der Waals surface area contributed by atoms with E-state index in [0.29, 0.717) is 12.1 Å². The van der Waals surface area contributed by atoms with Crippen molar-refractivity contribution in [1.29, 1.82) is 0 Å². The van der Waals surface area contributed by atoms with Crippen molar-refractivity contribution in [3.05, 3.63) is 0 Å². The molecule has 2 atom stereocenters. The maximum atomic E-state index is 6.38. The molecule has 2 fully saturated rings. The molecule has 2 aliphatic rings. The molecule has 0 aromatic heterocycles. The van der Waals surface area contributed by atoms with E-state index in [1.807, 2.05) is 0 Å². The van der Waals surface area contributed by atoms with Gasteiger partial charge in [0.05, 0.1) is 0 Å². The first-order valence-corrected chi connectivity index (χ1v) is 7.81. The van der Waals surface area contributed by atoms with Crippen molar-refractivity contribution in [2.24, 2.45) is 11.7 Å². The second-order valence-corrected chi connectivity index (χ2v) is 6.61. The number of hydrogen-bond donors (Lipinski definition) is 1. The van der Waals surface area contributed by atoms with Gasteiger partial charge in [-0.05, 0) is 58.8 Å². The molecular formula is C15H31N3. The first-order chi connectivity index (χ1) is 8.66. The van der Waals surface area contributed by atoms with Crippen molar-refractivity contribution in [2.45, 2.75) is 57.0 Å². The van der Waals surface area contributed by atoms with Crippen LogP contribution in [0.15, 0.2) is 0 Å². The van der Waals surface area contributed by atoms with Crippen LogP contribution in [0.5, 0.6) is 0 Å². The molecule has 1 saturated carbocycles. The highest BCUT2D eigenvalue weighted by Gasteiger charge is 2.29. The lowest BCUT2D eigenvalue weighted by molar-refractivity contribution is 0.101. The van der Waals surface area contributed by atoms with Crippen LogP contribution >= 0.6 is 0 Å². The Hall–Kier alpha value is -0.120. The van der Waals surface area contributed by atoms with Gasteiger partial charge in [-0.25, -0.2) is 0 Å². The highest BCUT2D eigenvalue weighted by Crippen LogP contribution is 2.26. The fourth-order valence-corrected chi connectivity index (χ4v) is 3.75. The molecule has 0 aromatic rings. The second-order valence-electron chi connectivity index (χ2n) is 6.61. The van der Waals surface area contributed by atoms with Crippen LogP contribution in [0.2, 0.25) is 0 Å². The SMILES string of the molecule is CN(C)CC1CCN(C2CCCCCC2N)CC1. The third kappa shape index (κ3) is 3.94. The molecule has 0 aromatic carbocycles. The van der Waals surface area contributed by atoms with Gasteiger partial charge >= 0.3 is 0 Å². The number of rotatable bonds is 3. The summed E-state index contributed by atoms with van der Waals surface area (Å²) in [7, 11) is 4.38. The van der Waals surface area contributed by atoms with E-state index in [1.165, 1.54) is 64.6 Å². The Kier molecular flexibility index (Phi) is 5.46. The van der Waals surface area contributed by atoms with E-state index < -0.39 is 0 Å². The molecule has 2 N–H and O–H groups in total. The standard InChI is InChI=1S/C15H31N3/c1-17(2)12-13-8-10-18(11-9-13)15-7-5-3-4-6-14(15)16/h13-15H,3-12,16H2,1-2H3. The lowest BCUT2D eigenvalue weighted by atomic mass is 9.93. The van der Waals surface area contributed by atoms with Gasteiger partial charge in [-0.15, -0.1) is 0 Å². The van der Waals surface area contributed by atoms with E-state index in [9.17, 15) is 0 Å². The van der Waals surface area contributed by atoms with E-state index in [2.05, 4.69) is 23.9 Å². The first kappa shape index (κ1) is 14.3. The van der Waals surface area contributed by atoms with Gasteiger partial charge in [0.15, 0.2) is 0 Å². The molecule has 1 saturated heterocycles. The number of nitrogens with zero attached hydrogens (tertiary/aromatic N) is 2. The summed E-state index contributed by atoms with van der Waals surface area (Å²) in [6.45, 7) is 3.80. The van der Waals surface area contributed by atoms with Gasteiger partial charge in [0.25, 0.3) is 0 Å². The molecule has 0 spiro atoms. The lowest BCUT2D eigenvalue weighted by Crippen LogP contribution is -2.50. The molecule has 2 rings (SSSR count). The largest absolute Gasteiger partial charge is 0.326 e. The third-order valence-corrected chi connectivity index (χ3v) is 4.77. The van der Waals surface area contributed by atoms with Crippen molar-refractivity contribution >= 4 is 0 Å². The van der Waals surface area contributed by atoms with Gasteiger partial charge in [-0.3, -0.25) is 4.90 Å². The summed E-state index contributed by atoms with van der Waals surface area (Å²) in [5.74, 6) is 0.901. The Morgan fingerprint density at radius 3 is 2.33 bits per heavy atom. The predicted molar refractivity (Wildman–Crippen MR) is 77.7 cm³/mol. The van der Waals surface area contributed by atoms with Crippen molar-refractivity contribution in [3.8, 4) is 0 Å². The molecule has 1 aliphatic carbocycles. The normalized spacial score (nSPS) is 32.7. The summed E-state index contributed by atoms with van der Waals surface area (Å²) in [6.07, 6.45) is 9.41. The van der Waals surface area contributed by atoms with Crippen LogP contribution in [0.3, 0.4) is 0 Å². The van der Waals surface area contributed by atoms with Crippen molar-refractivity contribution in [1.82, 2.24) is 9.80 Å². The van der Waals surface area contributed by atoms with Gasteiger partial charge in [0.1, 0.15) is 0 Å². The molecule has 3 nitrogen and oxygen atoms in total. The average Bonchev–Trinajstić information content (AvgIpc) is 2.54. The summed E-state index contributed by atoms with van der Waals surface area (Å²) in [4.78, 5) is 5.03. The Balaban J connectivity index is 1.80. The average molecular weight is 253 g/mol. The second kappa shape index (κ2) is 6.88. The number of nitrogens with two attached hydrogens (primary N) is 1. The lowest BCUT2D eigenvalue weighted by Gasteiger charge is -2.40. The van der Waals surface area contributed by atoms with Crippen molar-refractivity contribution in [2.75, 3.05) is 33.7 Å². The van der Waals surface area contributed by atoms with Crippen molar-refractivity contribution in [3.63, 3.8) is 0 Å². The number of piperidine rings is 1.